The average molecular weight is 327 g/mol. The summed E-state index contributed by atoms with van der Waals surface area (Å²) in [5, 5.41) is 6.75. The molecule has 0 aliphatic carbocycles. The molecule has 2 N–H and O–H groups in total. The number of rotatable bonds is 10. The first-order valence-electron chi connectivity index (χ1n) is 9.39. The topological polar surface area (TPSA) is 48.9 Å². The summed E-state index contributed by atoms with van der Waals surface area (Å²) in [4.78, 5) is 6.89. The molecule has 1 aliphatic rings. The Bertz CT molecular complexity index is 320. The van der Waals surface area contributed by atoms with E-state index in [2.05, 4.69) is 41.3 Å². The minimum absolute atomic E-state index is 0.611. The molecule has 0 amide bonds. The summed E-state index contributed by atoms with van der Waals surface area (Å²) < 4.78 is 5.58. The van der Waals surface area contributed by atoms with E-state index in [4.69, 9.17) is 4.74 Å². The molecular weight excluding hydrogens is 288 g/mol. The smallest absolute Gasteiger partial charge is 0.190 e. The molecule has 0 radical (unpaired) electrons. The molecule has 0 saturated carbocycles. The van der Waals surface area contributed by atoms with E-state index in [0.717, 1.165) is 44.7 Å². The van der Waals surface area contributed by atoms with Gasteiger partial charge in [0.1, 0.15) is 0 Å². The van der Waals surface area contributed by atoms with Crippen molar-refractivity contribution in [3.8, 4) is 0 Å². The summed E-state index contributed by atoms with van der Waals surface area (Å²) in [5.74, 6) is 1.51. The van der Waals surface area contributed by atoms with E-state index in [-0.39, 0.29) is 0 Å². The molecule has 1 atom stereocenters. The van der Waals surface area contributed by atoms with Crippen LogP contribution >= 0.6 is 0 Å². The maximum Gasteiger partial charge on any atom is 0.190 e. The van der Waals surface area contributed by atoms with Crippen LogP contribution in [0.5, 0.6) is 0 Å². The molecule has 1 rings (SSSR count). The van der Waals surface area contributed by atoms with Crippen molar-refractivity contribution in [2.75, 3.05) is 46.4 Å². The van der Waals surface area contributed by atoms with Crippen molar-refractivity contribution in [2.24, 2.45) is 10.9 Å². The molecule has 0 aromatic heterocycles. The lowest BCUT2D eigenvalue weighted by Gasteiger charge is -2.33. The summed E-state index contributed by atoms with van der Waals surface area (Å²) in [6.07, 6.45) is 6.30. The van der Waals surface area contributed by atoms with Gasteiger partial charge in [-0.15, -0.1) is 0 Å². The van der Waals surface area contributed by atoms with Crippen molar-refractivity contribution >= 4 is 5.96 Å². The second-order valence-corrected chi connectivity index (χ2v) is 6.98. The van der Waals surface area contributed by atoms with Crippen LogP contribution in [0.1, 0.15) is 52.9 Å². The predicted molar refractivity (Wildman–Crippen MR) is 99.1 cm³/mol. The standard InChI is InChI=1S/C18H38N4O/c1-16(2)15-23-14-8-11-21-18(19-4)20-10-7-13-22-12-6-5-9-17(22)3/h16-17H,5-15H2,1-4H3,(H2,19,20,21). The Morgan fingerprint density at radius 1 is 1.22 bits per heavy atom. The van der Waals surface area contributed by atoms with Gasteiger partial charge >= 0.3 is 0 Å². The molecule has 23 heavy (non-hydrogen) atoms. The first-order valence-corrected chi connectivity index (χ1v) is 9.39. The summed E-state index contributed by atoms with van der Waals surface area (Å²) in [7, 11) is 1.83. The normalized spacial score (nSPS) is 20.0. The number of guanidine groups is 1. The fourth-order valence-corrected chi connectivity index (χ4v) is 2.90. The zero-order valence-corrected chi connectivity index (χ0v) is 15.7. The molecule has 5 nitrogen and oxygen atoms in total. The molecule has 0 aromatic carbocycles. The third kappa shape index (κ3) is 9.82. The van der Waals surface area contributed by atoms with Crippen LogP contribution < -0.4 is 10.6 Å². The highest BCUT2D eigenvalue weighted by Crippen LogP contribution is 2.15. The number of likely N-dealkylation sites (tertiary alicyclic amines) is 1. The summed E-state index contributed by atoms with van der Waals surface area (Å²) in [6.45, 7) is 12.7. The zero-order valence-electron chi connectivity index (χ0n) is 15.7. The highest BCUT2D eigenvalue weighted by atomic mass is 16.5. The Kier molecular flexibility index (Phi) is 11.1. The number of nitrogens with zero attached hydrogens (tertiary/aromatic N) is 2. The summed E-state index contributed by atoms with van der Waals surface area (Å²) in [6, 6.07) is 0.757. The van der Waals surface area contributed by atoms with Gasteiger partial charge in [-0.2, -0.15) is 0 Å². The number of nitrogens with one attached hydrogen (secondary N) is 2. The largest absolute Gasteiger partial charge is 0.381 e. The van der Waals surface area contributed by atoms with E-state index >= 15 is 0 Å². The first kappa shape index (κ1) is 20.2. The van der Waals surface area contributed by atoms with E-state index in [0.29, 0.717) is 5.92 Å². The van der Waals surface area contributed by atoms with Crippen LogP contribution in [0.25, 0.3) is 0 Å². The third-order valence-electron chi connectivity index (χ3n) is 4.29. The average Bonchev–Trinajstić information content (AvgIpc) is 2.53. The van der Waals surface area contributed by atoms with Gasteiger partial charge in [-0.25, -0.2) is 0 Å². The SMILES string of the molecule is CN=C(NCCCOCC(C)C)NCCCN1CCCCC1C. The maximum atomic E-state index is 5.58. The van der Waals surface area contributed by atoms with Crippen LogP contribution in [0.3, 0.4) is 0 Å². The minimum Gasteiger partial charge on any atom is -0.381 e. The molecule has 136 valence electrons. The number of piperidine rings is 1. The van der Waals surface area contributed by atoms with Gasteiger partial charge in [-0.05, 0) is 45.1 Å². The number of ether oxygens (including phenoxy) is 1. The van der Waals surface area contributed by atoms with E-state index in [9.17, 15) is 0 Å². The van der Waals surface area contributed by atoms with Gasteiger partial charge in [-0.1, -0.05) is 20.3 Å². The van der Waals surface area contributed by atoms with Crippen molar-refractivity contribution in [3.05, 3.63) is 0 Å². The van der Waals surface area contributed by atoms with Crippen molar-refractivity contribution in [1.82, 2.24) is 15.5 Å². The Morgan fingerprint density at radius 3 is 2.61 bits per heavy atom. The molecule has 0 aromatic rings. The van der Waals surface area contributed by atoms with Crippen molar-refractivity contribution in [2.45, 2.75) is 58.9 Å². The molecular formula is C18H38N4O. The summed E-state index contributed by atoms with van der Waals surface area (Å²) in [5.41, 5.74) is 0. The predicted octanol–water partition coefficient (Wildman–Crippen LogP) is 2.48. The van der Waals surface area contributed by atoms with Crippen LogP contribution in [-0.2, 0) is 4.74 Å². The van der Waals surface area contributed by atoms with Gasteiger partial charge in [0.05, 0.1) is 0 Å². The van der Waals surface area contributed by atoms with Gasteiger partial charge in [0.2, 0.25) is 0 Å². The second kappa shape index (κ2) is 12.6. The van der Waals surface area contributed by atoms with Crippen LogP contribution in [0, 0.1) is 5.92 Å². The van der Waals surface area contributed by atoms with Gasteiger partial charge in [0.25, 0.3) is 0 Å². The second-order valence-electron chi connectivity index (χ2n) is 6.98. The van der Waals surface area contributed by atoms with Crippen LogP contribution in [-0.4, -0.2) is 63.3 Å². The lowest BCUT2D eigenvalue weighted by Crippen LogP contribution is -2.41. The van der Waals surface area contributed by atoms with Crippen LogP contribution in [0.15, 0.2) is 4.99 Å². The minimum atomic E-state index is 0.611. The maximum absolute atomic E-state index is 5.58. The molecule has 1 unspecified atom stereocenters. The Hall–Kier alpha value is -0.810. The van der Waals surface area contributed by atoms with Gasteiger partial charge in [0.15, 0.2) is 5.96 Å². The molecule has 1 saturated heterocycles. The quantitative estimate of drug-likeness (QED) is 0.368. The molecule has 0 spiro atoms. The number of aliphatic imine (C=N–C) groups is 1. The highest BCUT2D eigenvalue weighted by molar-refractivity contribution is 5.79. The third-order valence-corrected chi connectivity index (χ3v) is 4.29. The van der Waals surface area contributed by atoms with Crippen molar-refractivity contribution in [1.29, 1.82) is 0 Å². The lowest BCUT2D eigenvalue weighted by molar-refractivity contribution is 0.108. The van der Waals surface area contributed by atoms with E-state index < -0.39 is 0 Å². The highest BCUT2D eigenvalue weighted by Gasteiger charge is 2.16. The Morgan fingerprint density at radius 2 is 1.96 bits per heavy atom. The van der Waals surface area contributed by atoms with Crippen molar-refractivity contribution < 1.29 is 4.74 Å². The fourth-order valence-electron chi connectivity index (χ4n) is 2.90. The Labute approximate surface area is 143 Å². The molecule has 1 heterocycles. The van der Waals surface area contributed by atoms with Crippen LogP contribution in [0.2, 0.25) is 0 Å². The van der Waals surface area contributed by atoms with Gasteiger partial charge in [0, 0.05) is 45.9 Å². The molecule has 1 fully saturated rings. The van der Waals surface area contributed by atoms with Gasteiger partial charge < -0.3 is 20.3 Å². The fraction of sp³-hybridized carbons (Fsp3) is 0.944. The molecule has 1 aliphatic heterocycles. The van der Waals surface area contributed by atoms with Crippen molar-refractivity contribution in [3.63, 3.8) is 0 Å². The summed E-state index contributed by atoms with van der Waals surface area (Å²) >= 11 is 0. The van der Waals surface area contributed by atoms with E-state index in [1.165, 1.54) is 38.8 Å². The van der Waals surface area contributed by atoms with E-state index in [1.807, 2.05) is 7.05 Å². The number of hydrogen-bond acceptors (Lipinski definition) is 3. The van der Waals surface area contributed by atoms with Crippen LogP contribution in [0.4, 0.5) is 0 Å². The Balaban J connectivity index is 2.01. The first-order chi connectivity index (χ1) is 11.1. The lowest BCUT2D eigenvalue weighted by atomic mass is 10.0. The van der Waals surface area contributed by atoms with Gasteiger partial charge in [-0.3, -0.25) is 4.99 Å². The molecule has 0 bridgehead atoms. The zero-order chi connectivity index (χ0) is 16.9. The monoisotopic (exact) mass is 326 g/mol. The molecule has 5 heteroatoms. The number of hydrogen-bond donors (Lipinski definition) is 2. The van der Waals surface area contributed by atoms with E-state index in [1.54, 1.807) is 0 Å².